The number of benzene rings is 1. The second-order valence-electron chi connectivity index (χ2n) is 3.10. The third-order valence-electron chi connectivity index (χ3n) is 2.20. The average molecular weight is 280 g/mol. The number of nitrogens with zero attached hydrogens (tertiary/aromatic N) is 1. The van der Waals surface area contributed by atoms with Gasteiger partial charge in [0.25, 0.3) is 0 Å². The van der Waals surface area contributed by atoms with Crippen LogP contribution in [0.3, 0.4) is 0 Å². The van der Waals surface area contributed by atoms with E-state index in [4.69, 9.17) is 0 Å². The molecule has 3 nitrogen and oxygen atoms in total. The molecule has 1 aromatic carbocycles. The van der Waals surface area contributed by atoms with Crippen molar-refractivity contribution in [2.75, 3.05) is 7.05 Å². The van der Waals surface area contributed by atoms with Crippen LogP contribution in [0, 0.1) is 5.82 Å². The highest BCUT2D eigenvalue weighted by Gasteiger charge is 2.36. The number of fused-ring (bicyclic) bond motifs is 1. The van der Waals surface area contributed by atoms with E-state index in [1.807, 2.05) is 0 Å². The number of hydrogen-bond donors (Lipinski definition) is 0. The Morgan fingerprint density at radius 3 is 2.71 bits per heavy atom. The molecule has 0 unspecified atom stereocenters. The minimum atomic E-state index is -3.61. The molecule has 0 spiro atoms. The van der Waals surface area contributed by atoms with Gasteiger partial charge >= 0.3 is 0 Å². The molecule has 1 aliphatic heterocycles. The molecule has 0 radical (unpaired) electrons. The zero-order valence-electron chi connectivity index (χ0n) is 7.29. The van der Waals surface area contributed by atoms with Crippen LogP contribution >= 0.6 is 15.9 Å². The van der Waals surface area contributed by atoms with Crippen LogP contribution in [0.5, 0.6) is 0 Å². The fourth-order valence-electron chi connectivity index (χ4n) is 1.46. The average Bonchev–Trinajstić information content (AvgIpc) is 2.33. The van der Waals surface area contributed by atoms with E-state index in [9.17, 15) is 12.8 Å². The quantitative estimate of drug-likeness (QED) is 0.725. The van der Waals surface area contributed by atoms with E-state index < -0.39 is 15.8 Å². The minimum Gasteiger partial charge on any atom is -0.207 e. The van der Waals surface area contributed by atoms with E-state index in [-0.39, 0.29) is 11.4 Å². The van der Waals surface area contributed by atoms with Gasteiger partial charge < -0.3 is 0 Å². The molecule has 14 heavy (non-hydrogen) atoms. The summed E-state index contributed by atoms with van der Waals surface area (Å²) in [5.74, 6) is -0.687. The lowest BCUT2D eigenvalue weighted by molar-refractivity contribution is 0.487. The van der Waals surface area contributed by atoms with Crippen LogP contribution in [0.2, 0.25) is 0 Å². The highest BCUT2D eigenvalue weighted by atomic mass is 79.9. The number of sulfonamides is 1. The van der Waals surface area contributed by atoms with E-state index in [1.54, 1.807) is 0 Å². The predicted molar refractivity (Wildman–Crippen MR) is 52.8 cm³/mol. The fraction of sp³-hybridized carbons (Fsp3) is 0.250. The molecule has 0 bridgehead atoms. The minimum absolute atomic E-state index is 0.200. The summed E-state index contributed by atoms with van der Waals surface area (Å²) in [4.78, 5) is -0.200. The van der Waals surface area contributed by atoms with E-state index in [1.165, 1.54) is 13.1 Å². The van der Waals surface area contributed by atoms with Crippen LogP contribution in [0.4, 0.5) is 4.39 Å². The molecule has 1 aromatic rings. The molecule has 1 aliphatic rings. The molecule has 0 fully saturated rings. The predicted octanol–water partition coefficient (Wildman–Crippen LogP) is 1.72. The SMILES string of the molecule is CN1Cc2c(Br)ccc(F)c2S1(=O)=O. The Morgan fingerprint density at radius 1 is 1.50 bits per heavy atom. The summed E-state index contributed by atoms with van der Waals surface area (Å²) < 4.78 is 38.3. The molecule has 0 saturated heterocycles. The summed E-state index contributed by atoms with van der Waals surface area (Å²) >= 11 is 3.20. The maximum absolute atomic E-state index is 13.3. The lowest BCUT2D eigenvalue weighted by Gasteiger charge is -2.04. The highest BCUT2D eigenvalue weighted by Crippen LogP contribution is 2.35. The van der Waals surface area contributed by atoms with Crippen LogP contribution in [0.15, 0.2) is 21.5 Å². The molecule has 0 atom stereocenters. The Hall–Kier alpha value is -0.460. The molecule has 0 aromatic heterocycles. The number of hydrogen-bond acceptors (Lipinski definition) is 2. The smallest absolute Gasteiger partial charge is 0.207 e. The van der Waals surface area contributed by atoms with Crippen LogP contribution in [0.25, 0.3) is 0 Å². The molecule has 0 aliphatic carbocycles. The first-order valence-electron chi connectivity index (χ1n) is 3.88. The van der Waals surface area contributed by atoms with Gasteiger partial charge in [0.2, 0.25) is 10.0 Å². The molecule has 0 saturated carbocycles. The Labute approximate surface area is 89.7 Å². The number of halogens is 2. The molecule has 6 heteroatoms. The molecule has 0 N–H and O–H groups in total. The van der Waals surface area contributed by atoms with Crippen molar-refractivity contribution >= 4 is 26.0 Å². The summed E-state index contributed by atoms with van der Waals surface area (Å²) in [6.07, 6.45) is 0. The van der Waals surface area contributed by atoms with Gasteiger partial charge in [0.15, 0.2) is 0 Å². The first-order valence-corrected chi connectivity index (χ1v) is 6.11. The van der Waals surface area contributed by atoms with Gasteiger partial charge in [-0.3, -0.25) is 0 Å². The largest absolute Gasteiger partial charge is 0.246 e. The standard InChI is InChI=1S/C8H7BrFNO2S/c1-11-4-5-6(9)2-3-7(10)8(5)14(11,12)13/h2-3H,4H2,1H3. The van der Waals surface area contributed by atoms with Gasteiger partial charge in [0.1, 0.15) is 10.7 Å². The van der Waals surface area contributed by atoms with Crippen LogP contribution in [-0.4, -0.2) is 19.8 Å². The monoisotopic (exact) mass is 279 g/mol. The van der Waals surface area contributed by atoms with Gasteiger partial charge in [0, 0.05) is 23.6 Å². The third-order valence-corrected chi connectivity index (χ3v) is 4.85. The lowest BCUT2D eigenvalue weighted by Crippen LogP contribution is -2.19. The maximum atomic E-state index is 13.3. The topological polar surface area (TPSA) is 37.4 Å². The molecule has 76 valence electrons. The molecule has 1 heterocycles. The van der Waals surface area contributed by atoms with Crippen molar-refractivity contribution in [3.63, 3.8) is 0 Å². The van der Waals surface area contributed by atoms with Gasteiger partial charge in [-0.2, -0.15) is 4.31 Å². The van der Waals surface area contributed by atoms with Crippen molar-refractivity contribution in [1.82, 2.24) is 4.31 Å². The highest BCUT2D eigenvalue weighted by molar-refractivity contribution is 9.10. The zero-order valence-corrected chi connectivity index (χ0v) is 9.69. The van der Waals surface area contributed by atoms with E-state index >= 15 is 0 Å². The van der Waals surface area contributed by atoms with Crippen LogP contribution in [-0.2, 0) is 16.6 Å². The van der Waals surface area contributed by atoms with Gasteiger partial charge in [-0.15, -0.1) is 0 Å². The second kappa shape index (κ2) is 3.01. The zero-order chi connectivity index (χ0) is 10.5. The van der Waals surface area contributed by atoms with Crippen molar-refractivity contribution in [3.8, 4) is 0 Å². The second-order valence-corrected chi connectivity index (χ2v) is 5.93. The Morgan fingerprint density at radius 2 is 2.14 bits per heavy atom. The molecular weight excluding hydrogens is 273 g/mol. The van der Waals surface area contributed by atoms with E-state index in [0.717, 1.165) is 10.4 Å². The van der Waals surface area contributed by atoms with Gasteiger partial charge in [0.05, 0.1) is 0 Å². The Bertz CT molecular complexity index is 500. The van der Waals surface area contributed by atoms with Gasteiger partial charge in [-0.05, 0) is 12.1 Å². The van der Waals surface area contributed by atoms with Crippen molar-refractivity contribution in [3.05, 3.63) is 28.0 Å². The van der Waals surface area contributed by atoms with Crippen molar-refractivity contribution in [1.29, 1.82) is 0 Å². The first-order chi connectivity index (χ1) is 6.44. The molecule has 0 amide bonds. The summed E-state index contributed by atoms with van der Waals surface area (Å²) in [6, 6.07) is 2.67. The molecular formula is C8H7BrFNO2S. The summed E-state index contributed by atoms with van der Waals surface area (Å²) in [7, 11) is -2.18. The summed E-state index contributed by atoms with van der Waals surface area (Å²) in [5.41, 5.74) is 0.493. The Balaban J connectivity index is 2.83. The van der Waals surface area contributed by atoms with Crippen LogP contribution < -0.4 is 0 Å². The maximum Gasteiger partial charge on any atom is 0.246 e. The normalized spacial score (nSPS) is 19.6. The van der Waals surface area contributed by atoms with E-state index in [0.29, 0.717) is 10.0 Å². The van der Waals surface area contributed by atoms with Gasteiger partial charge in [-0.25, -0.2) is 12.8 Å². The third kappa shape index (κ3) is 1.21. The van der Waals surface area contributed by atoms with Crippen LogP contribution in [0.1, 0.15) is 5.56 Å². The number of rotatable bonds is 0. The van der Waals surface area contributed by atoms with Crippen molar-refractivity contribution in [2.24, 2.45) is 0 Å². The fourth-order valence-corrected chi connectivity index (χ4v) is 3.46. The first kappa shape index (κ1) is 10.1. The summed E-state index contributed by atoms with van der Waals surface area (Å²) in [6.45, 7) is 0.218. The Kier molecular flexibility index (Phi) is 2.17. The van der Waals surface area contributed by atoms with Crippen molar-refractivity contribution < 1.29 is 12.8 Å². The lowest BCUT2D eigenvalue weighted by atomic mass is 10.2. The van der Waals surface area contributed by atoms with E-state index in [2.05, 4.69) is 15.9 Å². The summed E-state index contributed by atoms with van der Waals surface area (Å²) in [5, 5.41) is 0. The molecule has 2 rings (SSSR count). The van der Waals surface area contributed by atoms with Gasteiger partial charge in [-0.1, -0.05) is 15.9 Å². The van der Waals surface area contributed by atoms with Crippen molar-refractivity contribution in [2.45, 2.75) is 11.4 Å².